The Labute approximate surface area is 196 Å². The number of piperidine rings is 1. The van der Waals surface area contributed by atoms with Crippen molar-refractivity contribution in [3.63, 3.8) is 0 Å². The van der Waals surface area contributed by atoms with Crippen molar-refractivity contribution in [3.05, 3.63) is 0 Å². The molecule has 0 aromatic rings. The van der Waals surface area contributed by atoms with E-state index in [1.807, 2.05) is 11.8 Å². The number of halogens is 1. The summed E-state index contributed by atoms with van der Waals surface area (Å²) in [6.07, 6.45) is 4.70. The van der Waals surface area contributed by atoms with Crippen LogP contribution in [-0.4, -0.2) is 106 Å². The van der Waals surface area contributed by atoms with Gasteiger partial charge in [0.2, 0.25) is 10.0 Å². The van der Waals surface area contributed by atoms with Crippen LogP contribution in [0.15, 0.2) is 4.99 Å². The molecule has 11 heteroatoms. The Hall–Kier alpha value is 0.180. The maximum atomic E-state index is 12.5. The standard InChI is InChI=1S/C18H34N4O4S2.HI/c1-19-18(20-6-14-28(23,24)22-9-12-27-13-10-22)21-7-4-16(5-8-21)26-15-17-3-2-11-25-17;/h16-17H,2-15H2,1H3,(H,19,20);1H. The number of hydrogen-bond donors (Lipinski definition) is 1. The number of nitrogens with zero attached hydrogens (tertiary/aromatic N) is 3. The summed E-state index contributed by atoms with van der Waals surface area (Å²) in [5.74, 6) is 2.66. The molecule has 0 aromatic carbocycles. The number of thioether (sulfide) groups is 1. The van der Waals surface area contributed by atoms with Gasteiger partial charge in [0.05, 0.1) is 24.6 Å². The van der Waals surface area contributed by atoms with E-state index in [1.54, 1.807) is 11.4 Å². The van der Waals surface area contributed by atoms with E-state index in [0.717, 1.165) is 62.8 Å². The largest absolute Gasteiger partial charge is 0.376 e. The number of hydrogen-bond acceptors (Lipinski definition) is 6. The molecule has 3 heterocycles. The van der Waals surface area contributed by atoms with E-state index >= 15 is 0 Å². The van der Waals surface area contributed by atoms with Crippen molar-refractivity contribution in [2.24, 2.45) is 4.99 Å². The van der Waals surface area contributed by atoms with Gasteiger partial charge in [-0.15, -0.1) is 24.0 Å². The Balaban J connectivity index is 0.00000300. The topological polar surface area (TPSA) is 83.5 Å². The Morgan fingerprint density at radius 3 is 2.55 bits per heavy atom. The normalized spacial score (nSPS) is 25.1. The number of sulfonamides is 1. The molecule has 0 aromatic heterocycles. The summed E-state index contributed by atoms with van der Waals surface area (Å²) in [4.78, 5) is 6.53. The molecule has 3 rings (SSSR count). The number of ether oxygens (including phenoxy) is 2. The molecular formula is C18H35IN4O4S2. The van der Waals surface area contributed by atoms with E-state index in [0.29, 0.717) is 26.2 Å². The van der Waals surface area contributed by atoms with Gasteiger partial charge in [0.25, 0.3) is 0 Å². The first-order chi connectivity index (χ1) is 13.6. The van der Waals surface area contributed by atoms with Crippen molar-refractivity contribution < 1.29 is 17.9 Å². The first kappa shape index (κ1) is 25.4. The molecule has 8 nitrogen and oxygen atoms in total. The van der Waals surface area contributed by atoms with Gasteiger partial charge in [-0.3, -0.25) is 4.99 Å². The highest BCUT2D eigenvalue weighted by molar-refractivity contribution is 14.0. The number of guanidine groups is 1. The maximum Gasteiger partial charge on any atom is 0.215 e. The van der Waals surface area contributed by atoms with Crippen molar-refractivity contribution in [3.8, 4) is 0 Å². The second kappa shape index (κ2) is 12.9. The SMILES string of the molecule is CN=C(NCCS(=O)(=O)N1CCSCC1)N1CCC(OCC2CCCO2)CC1.I. The molecule has 1 atom stereocenters. The second-order valence-electron chi connectivity index (χ2n) is 7.46. The van der Waals surface area contributed by atoms with Crippen LogP contribution in [0.3, 0.4) is 0 Å². The lowest BCUT2D eigenvalue weighted by Crippen LogP contribution is -2.49. The minimum atomic E-state index is -3.19. The summed E-state index contributed by atoms with van der Waals surface area (Å²) >= 11 is 1.81. The number of aliphatic imine (C=N–C) groups is 1. The summed E-state index contributed by atoms with van der Waals surface area (Å²) in [6.45, 7) is 4.93. The molecule has 0 aliphatic carbocycles. The summed E-state index contributed by atoms with van der Waals surface area (Å²) in [6, 6.07) is 0. The monoisotopic (exact) mass is 562 g/mol. The van der Waals surface area contributed by atoms with Gasteiger partial charge in [0.1, 0.15) is 0 Å². The zero-order valence-electron chi connectivity index (χ0n) is 17.3. The molecule has 3 aliphatic rings. The first-order valence-electron chi connectivity index (χ1n) is 10.3. The van der Waals surface area contributed by atoms with Crippen molar-refractivity contribution in [1.29, 1.82) is 0 Å². The number of nitrogens with one attached hydrogen (secondary N) is 1. The fourth-order valence-electron chi connectivity index (χ4n) is 3.83. The van der Waals surface area contributed by atoms with Crippen LogP contribution >= 0.6 is 35.7 Å². The quantitative estimate of drug-likeness (QED) is 0.284. The molecule has 170 valence electrons. The van der Waals surface area contributed by atoms with Gasteiger partial charge in [0.15, 0.2) is 5.96 Å². The molecule has 3 aliphatic heterocycles. The zero-order chi connectivity index (χ0) is 19.8. The average Bonchev–Trinajstić information content (AvgIpc) is 3.25. The van der Waals surface area contributed by atoms with E-state index in [9.17, 15) is 8.42 Å². The molecule has 0 amide bonds. The number of rotatable bonds is 7. The van der Waals surface area contributed by atoms with Crippen LogP contribution in [0.4, 0.5) is 0 Å². The van der Waals surface area contributed by atoms with Crippen LogP contribution in [0.2, 0.25) is 0 Å². The highest BCUT2D eigenvalue weighted by Gasteiger charge is 2.26. The van der Waals surface area contributed by atoms with E-state index in [2.05, 4.69) is 15.2 Å². The maximum absolute atomic E-state index is 12.5. The Kier molecular flexibility index (Phi) is 11.3. The summed E-state index contributed by atoms with van der Waals surface area (Å²) in [7, 11) is -1.44. The van der Waals surface area contributed by atoms with Crippen LogP contribution in [0.5, 0.6) is 0 Å². The Bertz CT molecular complexity index is 603. The van der Waals surface area contributed by atoms with E-state index in [4.69, 9.17) is 9.47 Å². The highest BCUT2D eigenvalue weighted by Crippen LogP contribution is 2.18. The lowest BCUT2D eigenvalue weighted by atomic mass is 10.1. The fourth-order valence-corrected chi connectivity index (χ4v) is 6.32. The van der Waals surface area contributed by atoms with Crippen LogP contribution in [0.25, 0.3) is 0 Å². The predicted molar refractivity (Wildman–Crippen MR) is 129 cm³/mol. The fraction of sp³-hybridized carbons (Fsp3) is 0.944. The summed E-state index contributed by atoms with van der Waals surface area (Å²) < 4.78 is 38.2. The predicted octanol–water partition coefficient (Wildman–Crippen LogP) is 1.22. The van der Waals surface area contributed by atoms with Crippen molar-refractivity contribution in [2.45, 2.75) is 37.9 Å². The minimum Gasteiger partial charge on any atom is -0.376 e. The Morgan fingerprint density at radius 2 is 1.93 bits per heavy atom. The smallest absolute Gasteiger partial charge is 0.215 e. The van der Waals surface area contributed by atoms with E-state index < -0.39 is 10.0 Å². The summed E-state index contributed by atoms with van der Waals surface area (Å²) in [5, 5.41) is 3.23. The first-order valence-corrected chi connectivity index (χ1v) is 13.1. The van der Waals surface area contributed by atoms with Crippen LogP contribution in [-0.2, 0) is 19.5 Å². The van der Waals surface area contributed by atoms with Gasteiger partial charge < -0.3 is 19.7 Å². The molecule has 0 radical (unpaired) electrons. The molecule has 29 heavy (non-hydrogen) atoms. The van der Waals surface area contributed by atoms with Crippen molar-refractivity contribution >= 4 is 51.7 Å². The molecule has 3 fully saturated rings. The molecule has 0 spiro atoms. The second-order valence-corrected chi connectivity index (χ2v) is 10.8. The lowest BCUT2D eigenvalue weighted by molar-refractivity contribution is -0.0367. The summed E-state index contributed by atoms with van der Waals surface area (Å²) in [5.41, 5.74) is 0. The molecule has 1 N–H and O–H groups in total. The van der Waals surface area contributed by atoms with Crippen LogP contribution in [0, 0.1) is 0 Å². The van der Waals surface area contributed by atoms with Gasteiger partial charge in [-0.05, 0) is 25.7 Å². The van der Waals surface area contributed by atoms with Crippen molar-refractivity contribution in [2.75, 3.05) is 70.2 Å². The van der Waals surface area contributed by atoms with Crippen LogP contribution < -0.4 is 5.32 Å². The van der Waals surface area contributed by atoms with Crippen LogP contribution in [0.1, 0.15) is 25.7 Å². The average molecular weight is 563 g/mol. The third kappa shape index (κ3) is 7.99. The minimum absolute atomic E-state index is 0. The van der Waals surface area contributed by atoms with Gasteiger partial charge in [-0.1, -0.05) is 0 Å². The molecule has 0 saturated carbocycles. The van der Waals surface area contributed by atoms with Gasteiger partial charge in [-0.25, -0.2) is 12.7 Å². The molecule has 3 saturated heterocycles. The lowest BCUT2D eigenvalue weighted by Gasteiger charge is -2.34. The number of likely N-dealkylation sites (tertiary alicyclic amines) is 1. The third-order valence-electron chi connectivity index (χ3n) is 5.50. The van der Waals surface area contributed by atoms with Gasteiger partial charge in [-0.2, -0.15) is 11.8 Å². The zero-order valence-corrected chi connectivity index (χ0v) is 21.2. The van der Waals surface area contributed by atoms with Gasteiger partial charge in [0, 0.05) is 57.9 Å². The Morgan fingerprint density at radius 1 is 1.21 bits per heavy atom. The third-order valence-corrected chi connectivity index (χ3v) is 8.32. The van der Waals surface area contributed by atoms with Crippen molar-refractivity contribution in [1.82, 2.24) is 14.5 Å². The van der Waals surface area contributed by atoms with E-state index in [-0.39, 0.29) is 41.9 Å². The van der Waals surface area contributed by atoms with Gasteiger partial charge >= 0.3 is 0 Å². The molecule has 1 unspecified atom stereocenters. The molecular weight excluding hydrogens is 527 g/mol. The van der Waals surface area contributed by atoms with E-state index in [1.165, 1.54) is 0 Å². The highest BCUT2D eigenvalue weighted by atomic mass is 127. The molecule has 0 bridgehead atoms.